The molecule has 0 aliphatic carbocycles. The first-order valence-electron chi connectivity index (χ1n) is 12.9. The minimum Gasteiger partial charge on any atom is -0.494 e. The summed E-state index contributed by atoms with van der Waals surface area (Å²) >= 11 is 0. The molecule has 1 atom stereocenters. The van der Waals surface area contributed by atoms with Gasteiger partial charge in [-0.05, 0) is 80.1 Å². The van der Waals surface area contributed by atoms with Gasteiger partial charge < -0.3 is 14.2 Å². The number of carbonyl (C=O) groups is 1. The van der Waals surface area contributed by atoms with Gasteiger partial charge in [0.1, 0.15) is 17.2 Å². The van der Waals surface area contributed by atoms with Crippen LogP contribution >= 0.6 is 0 Å². The number of carbonyl (C=O) groups excluding carboxylic acids is 1. The van der Waals surface area contributed by atoms with Crippen LogP contribution in [0.3, 0.4) is 0 Å². The Morgan fingerprint density at radius 1 is 0.794 bits per heavy atom. The van der Waals surface area contributed by atoms with Gasteiger partial charge in [0.15, 0.2) is 0 Å². The summed E-state index contributed by atoms with van der Waals surface area (Å²) in [7, 11) is 0. The fourth-order valence-corrected chi connectivity index (χ4v) is 3.56. The molecule has 0 saturated carbocycles. The summed E-state index contributed by atoms with van der Waals surface area (Å²) in [6.07, 6.45) is 13.7. The Kier molecular flexibility index (Phi) is 13.6. The van der Waals surface area contributed by atoms with E-state index in [1.54, 1.807) is 24.3 Å². The second-order valence-electron chi connectivity index (χ2n) is 8.94. The van der Waals surface area contributed by atoms with Crippen LogP contribution in [-0.4, -0.2) is 19.2 Å². The van der Waals surface area contributed by atoms with Crippen molar-refractivity contribution < 1.29 is 19.0 Å². The van der Waals surface area contributed by atoms with Gasteiger partial charge >= 0.3 is 5.97 Å². The molecule has 34 heavy (non-hydrogen) atoms. The number of esters is 1. The minimum atomic E-state index is -0.385. The van der Waals surface area contributed by atoms with Crippen LogP contribution in [0.1, 0.15) is 88.4 Å². The lowest BCUT2D eigenvalue weighted by molar-refractivity contribution is 0.0734. The van der Waals surface area contributed by atoms with E-state index < -0.39 is 0 Å². The molecule has 2 rings (SSSR count). The number of hydrogen-bond acceptors (Lipinski definition) is 4. The molecule has 1 unspecified atom stereocenters. The zero-order valence-corrected chi connectivity index (χ0v) is 21.1. The maximum Gasteiger partial charge on any atom is 0.343 e. The molecule has 0 heterocycles. The van der Waals surface area contributed by atoms with Crippen molar-refractivity contribution >= 4 is 5.97 Å². The number of ether oxygens (including phenoxy) is 3. The molecular formula is C30H42O4. The van der Waals surface area contributed by atoms with E-state index in [-0.39, 0.29) is 5.97 Å². The molecule has 4 nitrogen and oxygen atoms in total. The van der Waals surface area contributed by atoms with E-state index in [0.717, 1.165) is 43.1 Å². The van der Waals surface area contributed by atoms with Gasteiger partial charge in [-0.25, -0.2) is 4.79 Å². The summed E-state index contributed by atoms with van der Waals surface area (Å²) in [6.45, 7) is 9.69. The van der Waals surface area contributed by atoms with Crippen LogP contribution in [0, 0.1) is 5.92 Å². The summed E-state index contributed by atoms with van der Waals surface area (Å²) in [4.78, 5) is 12.4. The van der Waals surface area contributed by atoms with Crippen molar-refractivity contribution in [3.05, 3.63) is 66.7 Å². The van der Waals surface area contributed by atoms with Crippen LogP contribution in [0.2, 0.25) is 0 Å². The Balaban J connectivity index is 1.65. The molecule has 2 aromatic carbocycles. The van der Waals surface area contributed by atoms with Crippen LogP contribution in [-0.2, 0) is 0 Å². The SMILES string of the molecule is C=CCCCCCCOc1ccc(C(=O)Oc2ccc(OCCCCCC(C)CC)cc2)cc1. The predicted octanol–water partition coefficient (Wildman–Crippen LogP) is 8.41. The van der Waals surface area contributed by atoms with Gasteiger partial charge in [0.25, 0.3) is 0 Å². The van der Waals surface area contributed by atoms with E-state index in [2.05, 4.69) is 20.4 Å². The fourth-order valence-electron chi connectivity index (χ4n) is 3.56. The Morgan fingerprint density at radius 2 is 1.32 bits per heavy atom. The minimum absolute atomic E-state index is 0.385. The molecule has 2 aromatic rings. The van der Waals surface area contributed by atoms with Gasteiger partial charge in [0.05, 0.1) is 18.8 Å². The third kappa shape index (κ3) is 11.4. The highest BCUT2D eigenvalue weighted by Gasteiger charge is 2.09. The van der Waals surface area contributed by atoms with Gasteiger partial charge in [0, 0.05) is 0 Å². The topological polar surface area (TPSA) is 44.8 Å². The summed E-state index contributed by atoms with van der Waals surface area (Å²) in [5.41, 5.74) is 0.495. The standard InChI is InChI=1S/C30H42O4/c1-4-6-7-8-9-12-23-32-27-17-15-26(16-18-27)30(31)34-29-21-19-28(20-22-29)33-24-13-10-11-14-25(3)5-2/h4,15-22,25H,1,5-14,23-24H2,2-3H3. The van der Waals surface area contributed by atoms with Crippen molar-refractivity contribution in [1.29, 1.82) is 0 Å². The number of unbranched alkanes of at least 4 members (excludes halogenated alkanes) is 6. The van der Waals surface area contributed by atoms with Crippen LogP contribution in [0.5, 0.6) is 17.2 Å². The molecule has 0 bridgehead atoms. The van der Waals surface area contributed by atoms with Gasteiger partial charge in [0.2, 0.25) is 0 Å². The molecule has 0 aromatic heterocycles. The van der Waals surface area contributed by atoms with Crippen molar-refractivity contribution in [2.24, 2.45) is 5.92 Å². The molecular weight excluding hydrogens is 424 g/mol. The third-order valence-corrected chi connectivity index (χ3v) is 6.00. The first kappa shape index (κ1) is 27.5. The average molecular weight is 467 g/mol. The maximum absolute atomic E-state index is 12.4. The lowest BCUT2D eigenvalue weighted by atomic mass is 10.0. The largest absolute Gasteiger partial charge is 0.494 e. The number of rotatable bonds is 18. The molecule has 0 amide bonds. The summed E-state index contributed by atoms with van der Waals surface area (Å²) < 4.78 is 17.1. The van der Waals surface area contributed by atoms with Crippen molar-refractivity contribution in [2.45, 2.75) is 78.1 Å². The van der Waals surface area contributed by atoms with Crippen molar-refractivity contribution in [3.63, 3.8) is 0 Å². The maximum atomic E-state index is 12.4. The molecule has 0 aliphatic heterocycles. The van der Waals surface area contributed by atoms with E-state index in [4.69, 9.17) is 14.2 Å². The molecule has 0 N–H and O–H groups in total. The Bertz CT molecular complexity index is 811. The van der Waals surface area contributed by atoms with Gasteiger partial charge in [-0.1, -0.05) is 58.4 Å². The predicted molar refractivity (Wildman–Crippen MR) is 140 cm³/mol. The highest BCUT2D eigenvalue weighted by atomic mass is 16.5. The molecule has 0 spiro atoms. The quantitative estimate of drug-likeness (QED) is 0.0957. The normalized spacial score (nSPS) is 11.6. The monoisotopic (exact) mass is 466 g/mol. The molecule has 0 fully saturated rings. The highest BCUT2D eigenvalue weighted by Crippen LogP contribution is 2.20. The van der Waals surface area contributed by atoms with Crippen molar-refractivity contribution in [3.8, 4) is 17.2 Å². The second kappa shape index (κ2) is 16.8. The molecule has 186 valence electrons. The third-order valence-electron chi connectivity index (χ3n) is 6.00. The molecule has 0 saturated heterocycles. The first-order chi connectivity index (χ1) is 16.6. The van der Waals surface area contributed by atoms with E-state index in [1.165, 1.54) is 38.5 Å². The number of hydrogen-bond donors (Lipinski definition) is 0. The van der Waals surface area contributed by atoms with Crippen LogP contribution in [0.4, 0.5) is 0 Å². The second-order valence-corrected chi connectivity index (χ2v) is 8.94. The Labute approximate surface area is 206 Å². The Morgan fingerprint density at radius 3 is 1.91 bits per heavy atom. The van der Waals surface area contributed by atoms with E-state index in [0.29, 0.717) is 24.5 Å². The summed E-state index contributed by atoms with van der Waals surface area (Å²) in [6, 6.07) is 14.3. The summed E-state index contributed by atoms with van der Waals surface area (Å²) in [5.74, 6) is 2.49. The van der Waals surface area contributed by atoms with Gasteiger partial charge in [-0.15, -0.1) is 6.58 Å². The first-order valence-corrected chi connectivity index (χ1v) is 12.9. The van der Waals surface area contributed by atoms with Gasteiger partial charge in [-0.3, -0.25) is 0 Å². The van der Waals surface area contributed by atoms with Gasteiger partial charge in [-0.2, -0.15) is 0 Å². The zero-order chi connectivity index (χ0) is 24.4. The number of benzene rings is 2. The fraction of sp³-hybridized carbons (Fsp3) is 0.500. The average Bonchev–Trinajstić information content (AvgIpc) is 2.86. The van der Waals surface area contributed by atoms with Crippen LogP contribution < -0.4 is 14.2 Å². The van der Waals surface area contributed by atoms with Crippen LogP contribution in [0.15, 0.2) is 61.2 Å². The van der Waals surface area contributed by atoms with Crippen LogP contribution in [0.25, 0.3) is 0 Å². The lowest BCUT2D eigenvalue weighted by Gasteiger charge is -2.10. The Hall–Kier alpha value is -2.75. The smallest absolute Gasteiger partial charge is 0.343 e. The van der Waals surface area contributed by atoms with E-state index in [9.17, 15) is 4.79 Å². The summed E-state index contributed by atoms with van der Waals surface area (Å²) in [5, 5.41) is 0. The lowest BCUT2D eigenvalue weighted by Crippen LogP contribution is -2.08. The van der Waals surface area contributed by atoms with E-state index >= 15 is 0 Å². The molecule has 0 radical (unpaired) electrons. The van der Waals surface area contributed by atoms with E-state index in [1.807, 2.05) is 30.3 Å². The molecule has 4 heteroatoms. The van der Waals surface area contributed by atoms with Crippen molar-refractivity contribution in [1.82, 2.24) is 0 Å². The van der Waals surface area contributed by atoms with Crippen molar-refractivity contribution in [2.75, 3.05) is 13.2 Å². The highest BCUT2D eigenvalue weighted by molar-refractivity contribution is 5.91. The zero-order valence-electron chi connectivity index (χ0n) is 21.1. The molecule has 0 aliphatic rings. The number of allylic oxidation sites excluding steroid dienone is 1.